The van der Waals surface area contributed by atoms with E-state index in [0.29, 0.717) is 12.3 Å². The Bertz CT molecular complexity index is 1150. The van der Waals surface area contributed by atoms with Crippen molar-refractivity contribution in [1.82, 2.24) is 20.5 Å². The molecule has 1 N–H and O–H groups in total. The SMILES string of the molecule is O=C(Cc1nnc(Cc2nc3c(s2)=CC(c2ccccc2)CC=3)o1)NCC(F)(F)F. The highest BCUT2D eigenvalue weighted by Gasteiger charge is 2.28. The van der Waals surface area contributed by atoms with Crippen molar-refractivity contribution >= 4 is 29.4 Å². The fraction of sp³-hybridized carbons (Fsp3) is 0.300. The molecule has 1 unspecified atom stereocenters. The Morgan fingerprint density at radius 3 is 2.73 bits per heavy atom. The molecule has 0 fully saturated rings. The predicted molar refractivity (Wildman–Crippen MR) is 104 cm³/mol. The topological polar surface area (TPSA) is 80.9 Å². The summed E-state index contributed by atoms with van der Waals surface area (Å²) in [6.45, 7) is -1.39. The van der Waals surface area contributed by atoms with Gasteiger partial charge in [-0.1, -0.05) is 42.5 Å². The first kappa shape index (κ1) is 20.3. The van der Waals surface area contributed by atoms with Crippen LogP contribution in [0.1, 0.15) is 34.7 Å². The normalized spacial score (nSPS) is 15.8. The van der Waals surface area contributed by atoms with E-state index in [4.69, 9.17) is 4.42 Å². The molecule has 156 valence electrons. The maximum atomic E-state index is 12.1. The number of aromatic nitrogens is 3. The number of hydrogen-bond donors (Lipinski definition) is 1. The van der Waals surface area contributed by atoms with Crippen molar-refractivity contribution in [1.29, 1.82) is 0 Å². The summed E-state index contributed by atoms with van der Waals surface area (Å²) < 4.78 is 42.9. The number of hydrogen-bond acceptors (Lipinski definition) is 6. The molecular formula is C20H17F3N4O2S. The van der Waals surface area contributed by atoms with Crippen molar-refractivity contribution in [3.8, 4) is 0 Å². The lowest BCUT2D eigenvalue weighted by Crippen LogP contribution is -2.34. The highest BCUT2D eigenvalue weighted by Crippen LogP contribution is 2.23. The molecule has 2 heterocycles. The van der Waals surface area contributed by atoms with Crippen molar-refractivity contribution in [3.05, 3.63) is 62.6 Å². The Morgan fingerprint density at radius 1 is 1.20 bits per heavy atom. The summed E-state index contributed by atoms with van der Waals surface area (Å²) in [7, 11) is 0. The lowest BCUT2D eigenvalue weighted by molar-refractivity contribution is -0.138. The number of nitrogens with one attached hydrogen (secondary N) is 1. The second-order valence-corrected chi connectivity index (χ2v) is 7.93. The first-order chi connectivity index (χ1) is 14.4. The molecular weight excluding hydrogens is 417 g/mol. The van der Waals surface area contributed by atoms with Gasteiger partial charge in [-0.25, -0.2) is 4.98 Å². The summed E-state index contributed by atoms with van der Waals surface area (Å²) in [5.41, 5.74) is 1.25. The van der Waals surface area contributed by atoms with Gasteiger partial charge in [-0.3, -0.25) is 4.79 Å². The molecule has 1 aromatic carbocycles. The van der Waals surface area contributed by atoms with E-state index in [-0.39, 0.29) is 11.8 Å². The maximum absolute atomic E-state index is 12.1. The monoisotopic (exact) mass is 434 g/mol. The lowest BCUT2D eigenvalue weighted by atomic mass is 9.93. The molecule has 6 nitrogen and oxygen atoms in total. The first-order valence-electron chi connectivity index (χ1n) is 9.23. The molecule has 1 atom stereocenters. The molecule has 10 heteroatoms. The number of carbonyl (C=O) groups is 1. The zero-order valence-corrected chi connectivity index (χ0v) is 16.5. The summed E-state index contributed by atoms with van der Waals surface area (Å²) in [6.07, 6.45) is 0.614. The van der Waals surface area contributed by atoms with Crippen LogP contribution in [0.25, 0.3) is 12.2 Å². The molecule has 4 rings (SSSR count). The summed E-state index contributed by atoms with van der Waals surface area (Å²) in [4.78, 5) is 16.2. The van der Waals surface area contributed by atoms with Crippen LogP contribution in [0.4, 0.5) is 13.2 Å². The number of thiazole rings is 1. The molecule has 0 saturated heterocycles. The van der Waals surface area contributed by atoms with Crippen LogP contribution >= 0.6 is 11.3 Å². The van der Waals surface area contributed by atoms with Crippen LogP contribution in [0.2, 0.25) is 0 Å². The van der Waals surface area contributed by atoms with Crippen LogP contribution in [0.5, 0.6) is 0 Å². The molecule has 0 bridgehead atoms. The minimum atomic E-state index is -4.47. The quantitative estimate of drug-likeness (QED) is 0.643. The van der Waals surface area contributed by atoms with Gasteiger partial charge in [0.05, 0.1) is 16.3 Å². The van der Waals surface area contributed by atoms with E-state index in [1.165, 1.54) is 16.9 Å². The molecule has 0 saturated carbocycles. The maximum Gasteiger partial charge on any atom is 0.405 e. The third-order valence-electron chi connectivity index (χ3n) is 4.48. The minimum Gasteiger partial charge on any atom is -0.424 e. The smallest absolute Gasteiger partial charge is 0.405 e. The highest BCUT2D eigenvalue weighted by atomic mass is 32.1. The Hall–Kier alpha value is -3.01. The van der Waals surface area contributed by atoms with E-state index in [1.807, 2.05) is 18.2 Å². The van der Waals surface area contributed by atoms with Gasteiger partial charge in [-0.15, -0.1) is 21.5 Å². The largest absolute Gasteiger partial charge is 0.424 e. The van der Waals surface area contributed by atoms with Gasteiger partial charge in [0.15, 0.2) is 0 Å². The van der Waals surface area contributed by atoms with E-state index < -0.39 is 25.0 Å². The van der Waals surface area contributed by atoms with E-state index in [0.717, 1.165) is 21.3 Å². The lowest BCUT2D eigenvalue weighted by Gasteiger charge is -2.12. The number of rotatable bonds is 6. The Balaban J connectivity index is 1.41. The van der Waals surface area contributed by atoms with Crippen molar-refractivity contribution in [2.24, 2.45) is 0 Å². The fourth-order valence-corrected chi connectivity index (χ4v) is 4.17. The number of nitrogens with zero attached hydrogens (tertiary/aromatic N) is 3. The zero-order chi connectivity index (χ0) is 21.1. The number of halogens is 3. The molecule has 3 aromatic rings. The molecule has 2 aromatic heterocycles. The van der Waals surface area contributed by atoms with Gasteiger partial charge < -0.3 is 9.73 Å². The van der Waals surface area contributed by atoms with Crippen LogP contribution in [0.3, 0.4) is 0 Å². The molecule has 0 aliphatic heterocycles. The second kappa shape index (κ2) is 8.39. The van der Waals surface area contributed by atoms with Gasteiger partial charge >= 0.3 is 6.18 Å². The molecule has 1 aliphatic carbocycles. The predicted octanol–water partition coefficient (Wildman–Crippen LogP) is 2.09. The third kappa shape index (κ3) is 5.12. The van der Waals surface area contributed by atoms with Gasteiger partial charge in [0, 0.05) is 5.92 Å². The number of alkyl halides is 3. The van der Waals surface area contributed by atoms with Crippen LogP contribution in [0, 0.1) is 0 Å². The molecule has 0 radical (unpaired) electrons. The third-order valence-corrected chi connectivity index (χ3v) is 5.52. The zero-order valence-electron chi connectivity index (χ0n) is 15.6. The summed E-state index contributed by atoms with van der Waals surface area (Å²) in [5, 5.41) is 11.1. The molecule has 1 amide bonds. The fourth-order valence-electron chi connectivity index (χ4n) is 3.11. The first-order valence-corrected chi connectivity index (χ1v) is 10.0. The minimum absolute atomic E-state index is 0.0340. The van der Waals surface area contributed by atoms with E-state index >= 15 is 0 Å². The van der Waals surface area contributed by atoms with Crippen LogP contribution in [-0.4, -0.2) is 33.8 Å². The molecule has 1 aliphatic rings. The summed E-state index contributed by atoms with van der Waals surface area (Å²) in [5.74, 6) is -0.298. The van der Waals surface area contributed by atoms with E-state index in [1.54, 1.807) is 5.32 Å². The average Bonchev–Trinajstić information content (AvgIpc) is 3.32. The van der Waals surface area contributed by atoms with Crippen molar-refractivity contribution in [2.45, 2.75) is 31.4 Å². The summed E-state index contributed by atoms with van der Waals surface area (Å²) in [6, 6.07) is 10.2. The molecule has 0 spiro atoms. The van der Waals surface area contributed by atoms with Crippen LogP contribution in [-0.2, 0) is 17.6 Å². The number of fused-ring (bicyclic) bond motifs is 1. The van der Waals surface area contributed by atoms with Crippen molar-refractivity contribution in [2.75, 3.05) is 6.54 Å². The molecule has 30 heavy (non-hydrogen) atoms. The standard InChI is InChI=1S/C20H17F3N4O2S/c21-20(22,23)11-24-16(28)9-17-26-27-18(29-17)10-19-25-14-7-6-13(8-15(14)30-19)12-4-2-1-3-5-12/h1-5,7-8,13H,6,9-11H2,(H,24,28). The van der Waals surface area contributed by atoms with Gasteiger partial charge in [-0.05, 0) is 12.0 Å². The summed E-state index contributed by atoms with van der Waals surface area (Å²) >= 11 is 1.53. The van der Waals surface area contributed by atoms with E-state index in [9.17, 15) is 18.0 Å². The van der Waals surface area contributed by atoms with Crippen molar-refractivity contribution in [3.63, 3.8) is 0 Å². The van der Waals surface area contributed by atoms with Crippen LogP contribution in [0.15, 0.2) is 34.7 Å². The highest BCUT2D eigenvalue weighted by molar-refractivity contribution is 7.09. The van der Waals surface area contributed by atoms with Crippen molar-refractivity contribution < 1.29 is 22.4 Å². The Labute approximate surface area is 173 Å². The Kier molecular flexibility index (Phi) is 5.67. The average molecular weight is 434 g/mol. The second-order valence-electron chi connectivity index (χ2n) is 6.82. The van der Waals surface area contributed by atoms with Gasteiger partial charge in [0.2, 0.25) is 17.7 Å². The number of amides is 1. The van der Waals surface area contributed by atoms with Gasteiger partial charge in [-0.2, -0.15) is 13.2 Å². The number of benzene rings is 1. The van der Waals surface area contributed by atoms with E-state index in [2.05, 4.69) is 39.5 Å². The number of carbonyl (C=O) groups excluding carboxylic acids is 1. The van der Waals surface area contributed by atoms with Gasteiger partial charge in [0.1, 0.15) is 18.0 Å². The Morgan fingerprint density at radius 2 is 1.97 bits per heavy atom. The van der Waals surface area contributed by atoms with Crippen LogP contribution < -0.4 is 15.2 Å². The van der Waals surface area contributed by atoms with Gasteiger partial charge in [0.25, 0.3) is 0 Å².